The van der Waals surface area contributed by atoms with Gasteiger partial charge in [-0.2, -0.15) is 0 Å². The number of carboxylic acids is 1. The summed E-state index contributed by atoms with van der Waals surface area (Å²) in [4.78, 5) is 18.2. The maximum atomic E-state index is 12.3. The van der Waals surface area contributed by atoms with E-state index in [4.69, 9.17) is 14.5 Å². The summed E-state index contributed by atoms with van der Waals surface area (Å²) in [6.07, 6.45) is 0.833. The maximum Gasteiger partial charge on any atom is 0.337 e. The minimum atomic E-state index is -1.11. The third-order valence-electron chi connectivity index (χ3n) is 5.17. The number of aliphatic carboxylic acids is 1. The lowest BCUT2D eigenvalue weighted by molar-refractivity contribution is -0.160. The van der Waals surface area contributed by atoms with Gasteiger partial charge in [0, 0.05) is 21.7 Å². The lowest BCUT2D eigenvalue weighted by Crippen LogP contribution is -2.28. The number of hydrogen-bond donors (Lipinski definition) is 1. The largest absolute Gasteiger partial charge is 0.493 e. The molecular formula is C24H27NO4S. The van der Waals surface area contributed by atoms with Crippen molar-refractivity contribution in [3.8, 4) is 16.9 Å². The van der Waals surface area contributed by atoms with Gasteiger partial charge in [-0.25, -0.2) is 4.79 Å². The zero-order valence-electron chi connectivity index (χ0n) is 18.0. The van der Waals surface area contributed by atoms with Gasteiger partial charge in [-0.3, -0.25) is 4.98 Å². The van der Waals surface area contributed by atoms with Gasteiger partial charge in [0.2, 0.25) is 0 Å². The molecule has 4 rings (SSSR count). The Hall–Kier alpha value is -2.44. The number of thiophene rings is 1. The number of ether oxygens (including phenoxy) is 2. The predicted molar refractivity (Wildman–Crippen MR) is 120 cm³/mol. The van der Waals surface area contributed by atoms with Crippen LogP contribution in [0.2, 0.25) is 0 Å². The summed E-state index contributed by atoms with van der Waals surface area (Å²) in [5.41, 5.74) is 4.63. The number of carbonyl (C=O) groups is 1. The summed E-state index contributed by atoms with van der Waals surface area (Å²) in [6.45, 7) is 10.3. The highest BCUT2D eigenvalue weighted by Gasteiger charge is 2.32. The van der Waals surface area contributed by atoms with Crippen molar-refractivity contribution in [2.45, 2.75) is 59.2 Å². The number of hydrogen-bond acceptors (Lipinski definition) is 5. The number of benzene rings is 1. The minimum absolute atomic E-state index is 0.614. The molecule has 0 bridgehead atoms. The topological polar surface area (TPSA) is 68.7 Å². The molecule has 158 valence electrons. The van der Waals surface area contributed by atoms with E-state index in [1.165, 1.54) is 0 Å². The van der Waals surface area contributed by atoms with Crippen LogP contribution in [0.1, 0.15) is 55.0 Å². The molecule has 2 aromatic heterocycles. The van der Waals surface area contributed by atoms with Gasteiger partial charge in [0.05, 0.1) is 22.4 Å². The van der Waals surface area contributed by atoms with Crippen LogP contribution in [0.4, 0.5) is 0 Å². The monoisotopic (exact) mass is 425 g/mol. The number of carboxylic acid groups (broad SMARTS) is 1. The van der Waals surface area contributed by atoms with Gasteiger partial charge in [-0.1, -0.05) is 6.07 Å². The van der Waals surface area contributed by atoms with Gasteiger partial charge >= 0.3 is 5.97 Å². The summed E-state index contributed by atoms with van der Waals surface area (Å²) in [5.74, 6) is -0.0957. The molecule has 5 nitrogen and oxygen atoms in total. The molecule has 0 amide bonds. The summed E-state index contributed by atoms with van der Waals surface area (Å²) in [5, 5.41) is 10.1. The molecule has 3 aromatic rings. The normalized spacial score (nSPS) is 15.0. The Morgan fingerprint density at radius 3 is 2.73 bits per heavy atom. The van der Waals surface area contributed by atoms with E-state index < -0.39 is 17.7 Å². The highest BCUT2D eigenvalue weighted by Crippen LogP contribution is 2.43. The predicted octanol–water partition coefficient (Wildman–Crippen LogP) is 5.85. The van der Waals surface area contributed by atoms with E-state index in [9.17, 15) is 9.90 Å². The highest BCUT2D eigenvalue weighted by atomic mass is 32.1. The minimum Gasteiger partial charge on any atom is -0.493 e. The van der Waals surface area contributed by atoms with Crippen LogP contribution in [-0.4, -0.2) is 28.3 Å². The van der Waals surface area contributed by atoms with E-state index in [1.54, 1.807) is 11.3 Å². The molecule has 3 heterocycles. The van der Waals surface area contributed by atoms with E-state index in [0.29, 0.717) is 11.3 Å². The molecule has 0 spiro atoms. The molecular weight excluding hydrogens is 398 g/mol. The molecule has 1 N–H and O–H groups in total. The molecule has 0 saturated carbocycles. The first kappa shape index (κ1) is 20.8. The van der Waals surface area contributed by atoms with Crippen molar-refractivity contribution in [2.75, 3.05) is 6.61 Å². The van der Waals surface area contributed by atoms with Crippen LogP contribution in [0.3, 0.4) is 0 Å². The van der Waals surface area contributed by atoms with Crippen LogP contribution in [0.15, 0.2) is 24.3 Å². The third kappa shape index (κ3) is 3.94. The van der Waals surface area contributed by atoms with E-state index in [2.05, 4.69) is 12.1 Å². The first-order chi connectivity index (χ1) is 14.1. The molecule has 1 aliphatic rings. The second-order valence-electron chi connectivity index (χ2n) is 8.78. The van der Waals surface area contributed by atoms with E-state index in [-0.39, 0.29) is 0 Å². The Morgan fingerprint density at radius 2 is 2.03 bits per heavy atom. The van der Waals surface area contributed by atoms with Crippen molar-refractivity contribution in [1.82, 2.24) is 4.98 Å². The van der Waals surface area contributed by atoms with Gasteiger partial charge < -0.3 is 14.6 Å². The zero-order chi connectivity index (χ0) is 21.6. The molecule has 0 unspecified atom stereocenters. The van der Waals surface area contributed by atoms with Gasteiger partial charge in [0.15, 0.2) is 6.10 Å². The average Bonchev–Trinajstić information content (AvgIpc) is 3.03. The smallest absolute Gasteiger partial charge is 0.337 e. The Balaban J connectivity index is 2.01. The highest BCUT2D eigenvalue weighted by molar-refractivity contribution is 7.19. The summed E-state index contributed by atoms with van der Waals surface area (Å²) < 4.78 is 12.8. The Bertz CT molecular complexity index is 1130. The SMILES string of the molecule is Cc1cc2nc(C)c([C@H](OC(C)(C)C)C(=O)O)c(-c3ccc4c(c3)CCCO4)c2s1. The van der Waals surface area contributed by atoms with Crippen LogP contribution in [-0.2, 0) is 16.0 Å². The van der Waals surface area contributed by atoms with Crippen molar-refractivity contribution in [3.05, 3.63) is 46.0 Å². The van der Waals surface area contributed by atoms with Crippen LogP contribution in [0.25, 0.3) is 21.3 Å². The second kappa shape index (κ2) is 7.67. The first-order valence-electron chi connectivity index (χ1n) is 10.2. The molecule has 0 saturated heterocycles. The molecule has 0 aliphatic carbocycles. The van der Waals surface area contributed by atoms with Crippen molar-refractivity contribution in [3.63, 3.8) is 0 Å². The quantitative estimate of drug-likeness (QED) is 0.568. The van der Waals surface area contributed by atoms with E-state index in [0.717, 1.165) is 57.0 Å². The molecule has 0 radical (unpaired) electrons. The maximum absolute atomic E-state index is 12.3. The van der Waals surface area contributed by atoms with Crippen molar-refractivity contribution in [1.29, 1.82) is 0 Å². The summed E-state index contributed by atoms with van der Waals surface area (Å²) >= 11 is 1.64. The molecule has 1 atom stereocenters. The molecule has 0 fully saturated rings. The average molecular weight is 426 g/mol. The van der Waals surface area contributed by atoms with Crippen LogP contribution < -0.4 is 4.74 Å². The van der Waals surface area contributed by atoms with Crippen molar-refractivity contribution >= 4 is 27.5 Å². The fourth-order valence-electron chi connectivity index (χ4n) is 4.02. The molecule has 30 heavy (non-hydrogen) atoms. The van der Waals surface area contributed by atoms with Crippen molar-refractivity contribution in [2.24, 2.45) is 0 Å². The fraction of sp³-hybridized carbons (Fsp3) is 0.417. The lowest BCUT2D eigenvalue weighted by atomic mass is 9.92. The van der Waals surface area contributed by atoms with E-state index in [1.807, 2.05) is 46.8 Å². The molecule has 1 aromatic carbocycles. The van der Waals surface area contributed by atoms with Gasteiger partial charge in [0.25, 0.3) is 0 Å². The lowest BCUT2D eigenvalue weighted by Gasteiger charge is -2.28. The number of nitrogens with zero attached hydrogens (tertiary/aromatic N) is 1. The van der Waals surface area contributed by atoms with Crippen LogP contribution in [0.5, 0.6) is 5.75 Å². The fourth-order valence-corrected chi connectivity index (χ4v) is 5.05. The Kier molecular flexibility index (Phi) is 5.32. The zero-order valence-corrected chi connectivity index (χ0v) is 18.9. The summed E-state index contributed by atoms with van der Waals surface area (Å²) in [7, 11) is 0. The van der Waals surface area contributed by atoms with Gasteiger partial charge in [0.1, 0.15) is 5.75 Å². The Labute approximate surface area is 180 Å². The standard InChI is InChI=1S/C24H27NO4S/c1-13-11-17-22(30-13)20(16-8-9-18-15(12-16)7-6-10-28-18)19(14(2)25-17)21(23(26)27)29-24(3,4)5/h8-9,11-12,21H,6-7,10H2,1-5H3,(H,26,27)/t21-/m0/s1. The van der Waals surface area contributed by atoms with Crippen molar-refractivity contribution < 1.29 is 19.4 Å². The number of fused-ring (bicyclic) bond motifs is 2. The summed E-state index contributed by atoms with van der Waals surface area (Å²) in [6, 6.07) is 8.21. The second-order valence-corrected chi connectivity index (χ2v) is 10.0. The van der Waals surface area contributed by atoms with Gasteiger partial charge in [-0.05, 0) is 76.8 Å². The number of rotatable bonds is 4. The number of aromatic nitrogens is 1. The molecule has 1 aliphatic heterocycles. The van der Waals surface area contributed by atoms with Crippen LogP contribution >= 0.6 is 11.3 Å². The molecule has 6 heteroatoms. The Morgan fingerprint density at radius 1 is 1.27 bits per heavy atom. The number of aryl methyl sites for hydroxylation is 3. The van der Waals surface area contributed by atoms with Gasteiger partial charge in [-0.15, -0.1) is 11.3 Å². The first-order valence-corrected chi connectivity index (χ1v) is 11.0. The van der Waals surface area contributed by atoms with Crippen LogP contribution in [0, 0.1) is 13.8 Å². The third-order valence-corrected chi connectivity index (χ3v) is 6.22. The van der Waals surface area contributed by atoms with E-state index >= 15 is 0 Å². The number of pyridine rings is 1.